The van der Waals surface area contributed by atoms with Crippen LogP contribution in [0.25, 0.3) is 0 Å². The highest BCUT2D eigenvalue weighted by molar-refractivity contribution is 14.1. The van der Waals surface area contributed by atoms with E-state index in [1.165, 1.54) is 18.2 Å². The molecule has 6 aromatic rings. The maximum Gasteiger partial charge on any atom is 0.344 e. The monoisotopic (exact) mass is 3490 g/mol. The summed E-state index contributed by atoms with van der Waals surface area (Å²) in [7, 11) is -18.0. The van der Waals surface area contributed by atoms with E-state index in [-0.39, 0.29) is 40.9 Å². The minimum Gasteiger partial charge on any atom is -0.748 e. The maximum atomic E-state index is 13.0. The van der Waals surface area contributed by atoms with Gasteiger partial charge in [-0.05, 0) is 469 Å². The molecule has 678 valence electrons. The Kier molecular flexibility index (Phi) is 42.2. The average molecular weight is 3490 g/mol. The molecule has 12 rings (SSSR count). The van der Waals surface area contributed by atoms with Crippen LogP contribution in [0.3, 0.4) is 0 Å². The van der Waals surface area contributed by atoms with Gasteiger partial charge in [0.25, 0.3) is 0 Å². The Hall–Kier alpha value is 0.610. The lowest BCUT2D eigenvalue weighted by Gasteiger charge is -2.30. The molecule has 125 heavy (non-hydrogen) atoms. The van der Waals surface area contributed by atoms with Crippen molar-refractivity contribution in [1.29, 1.82) is 0 Å². The minimum atomic E-state index is -4.60. The van der Waals surface area contributed by atoms with Gasteiger partial charge < -0.3 is 65.6 Å². The van der Waals surface area contributed by atoms with Crippen LogP contribution < -0.4 is 9.47 Å². The summed E-state index contributed by atoms with van der Waals surface area (Å²) >= 11 is 31.5. The highest BCUT2D eigenvalue weighted by Gasteiger charge is 2.70. The summed E-state index contributed by atoms with van der Waals surface area (Å²) < 4.78 is 194. The van der Waals surface area contributed by atoms with Gasteiger partial charge >= 0.3 is 59.7 Å². The van der Waals surface area contributed by atoms with Gasteiger partial charge in [0.2, 0.25) is 0 Å². The number of ether oxygens (including phenoxy) is 10. The van der Waals surface area contributed by atoms with Crippen LogP contribution in [0.4, 0.5) is 0 Å². The number of carbonyl (C=O) groups excluding carboxylic acids is 10. The lowest BCUT2D eigenvalue weighted by Crippen LogP contribution is -2.43. The summed E-state index contributed by atoms with van der Waals surface area (Å²) in [6, 6.07) is 21.8. The molecule has 0 radical (unpaired) electrons. The fourth-order valence-corrected chi connectivity index (χ4v) is 27.3. The molecule has 4 bridgehead atoms. The van der Waals surface area contributed by atoms with Crippen molar-refractivity contribution in [2.24, 2.45) is 47.3 Å². The predicted octanol–water partition coefficient (Wildman–Crippen LogP) is 14.8. The summed E-state index contributed by atoms with van der Waals surface area (Å²) in [6.07, 6.45) is 2.55. The van der Waals surface area contributed by atoms with Gasteiger partial charge in [-0.25, -0.2) is 62.4 Å². The van der Waals surface area contributed by atoms with Crippen LogP contribution in [0, 0.1) is 101 Å². The van der Waals surface area contributed by atoms with E-state index < -0.39 is 198 Å². The van der Waals surface area contributed by atoms with Crippen molar-refractivity contribution in [3.8, 4) is 11.5 Å². The normalized spacial score (nSPS) is 21.4. The predicted molar refractivity (Wildman–Crippen MR) is 563 cm³/mol. The van der Waals surface area contributed by atoms with Crippen molar-refractivity contribution >= 4 is 439 Å². The van der Waals surface area contributed by atoms with Gasteiger partial charge in [0, 0.05) is 77.4 Å². The lowest BCUT2D eigenvalue weighted by atomic mass is 9.80. The van der Waals surface area contributed by atoms with Crippen molar-refractivity contribution < 1.29 is 147 Å². The van der Waals surface area contributed by atoms with Crippen molar-refractivity contribution in [1.82, 2.24) is 0 Å². The largest absolute Gasteiger partial charge is 0.748 e. The van der Waals surface area contributed by atoms with Gasteiger partial charge in [0.05, 0.1) is 109 Å². The summed E-state index contributed by atoms with van der Waals surface area (Å²) in [5, 5.41) is 0. The standard InChI is InChI=1S/C23H12I6O9S.C18H15I3O9S.C17H17I3O7S.C16H17I3O7S/c24-11-5-15(19(28)17(26)7-11)22(31)37-13-3-10(21(30)36-1-2-39(33,34)35)4-14(9-13)38-23(32)16-6-12(25)8-18(27)20(16)29;19-6-3-9(13(21)10(20)4-6)16(22)29-15-7-5-8-12(15)18(24)30-14(8)11(7)17(23)28-1-2-31(25,26)27;18-9-6-12(15(20)13(19)7-9)17(22)27-14-5-8-3-10(14)11(4-8)16(21)26-1-2-28(23,24)25;17-10-7-12(14(19)13(18)8-10)16(21)26-11-3-1-2-9(6-11)15(20)25-4-5-27(22,23)24/h3-9H,1-2H2,(H,33,34,35);3-4,7-8,11-12,14-15H,1-2,5H2,(H,25,26,27);6-8,10-11,14H,1-5H2,(H,23,24,25);7-9,11H,1-6H2,(H,22,23,24)/p-4. The molecule has 5 saturated carbocycles. The third-order valence-electron chi connectivity index (χ3n) is 19.5. The van der Waals surface area contributed by atoms with Crippen LogP contribution in [0.1, 0.15) is 114 Å². The third kappa shape index (κ3) is 31.8. The molecule has 5 aliphatic carbocycles. The number of benzene rings is 6. The zero-order valence-corrected chi connectivity index (χ0v) is 98.2. The van der Waals surface area contributed by atoms with Crippen LogP contribution in [0.5, 0.6) is 11.5 Å². The van der Waals surface area contributed by atoms with E-state index in [2.05, 4.69) is 294 Å². The van der Waals surface area contributed by atoms with E-state index in [9.17, 15) is 99.8 Å². The smallest absolute Gasteiger partial charge is 0.344 e. The van der Waals surface area contributed by atoms with Gasteiger partial charge in [-0.15, -0.1) is 0 Å². The van der Waals surface area contributed by atoms with E-state index in [0.717, 1.165) is 52.8 Å². The number of rotatable bonds is 26. The Bertz CT molecular complexity index is 5660. The molecular weight excluding hydrogens is 3430 g/mol. The molecule has 12 atom stereocenters. The second kappa shape index (κ2) is 48.3. The van der Waals surface area contributed by atoms with Crippen molar-refractivity contribution in [2.75, 3.05) is 49.4 Å². The van der Waals surface area contributed by atoms with Gasteiger partial charge in [-0.3, -0.25) is 19.2 Å². The van der Waals surface area contributed by atoms with E-state index in [4.69, 9.17) is 47.4 Å². The van der Waals surface area contributed by atoms with Crippen LogP contribution in [0.15, 0.2) is 78.9 Å². The number of hydrogen-bond acceptors (Lipinski definition) is 32. The molecule has 1 saturated heterocycles. The molecule has 32 nitrogen and oxygen atoms in total. The molecule has 0 N–H and O–H groups in total. The lowest BCUT2D eigenvalue weighted by molar-refractivity contribution is -0.157. The van der Waals surface area contributed by atoms with Gasteiger partial charge in [-0.1, -0.05) is 0 Å². The van der Waals surface area contributed by atoms with Gasteiger partial charge in [0.1, 0.15) is 74.2 Å². The van der Waals surface area contributed by atoms with E-state index >= 15 is 0 Å². The van der Waals surface area contributed by atoms with Crippen molar-refractivity contribution in [3.05, 3.63) is 166 Å². The molecule has 0 aromatic heterocycles. The molecule has 1 heterocycles. The Labute approximate surface area is 920 Å². The van der Waals surface area contributed by atoms with Crippen LogP contribution in [0.2, 0.25) is 0 Å². The SMILES string of the molecule is O=C(OC1C2CC3C(OC(=O)C31)C2C(=O)OCCS(=O)(=O)[O-])c1cc(I)cc(I)c1I.O=C(OC1CC2CC(C(=O)OCCS(=O)(=O)[O-])C1C2)c1cc(I)cc(I)c1I.O=C(OC1CCCC(C(=O)OCCS(=O)(=O)[O-])C1)c1cc(I)cc(I)c1I.O=C(OCCS(=O)(=O)[O-])c1cc(OC(=O)c2cc(I)cc(I)c2I)cc(OC(=O)c2cc(I)cc(I)c2I)c1. The zero-order chi connectivity index (χ0) is 92.6. The van der Waals surface area contributed by atoms with Crippen molar-refractivity contribution in [2.45, 2.75) is 75.8 Å². The summed E-state index contributed by atoms with van der Waals surface area (Å²) in [6.45, 7) is -2.15. The Morgan fingerprint density at radius 1 is 0.376 bits per heavy atom. The number of hydrogen-bond donors (Lipinski definition) is 0. The number of carbonyl (C=O) groups is 10. The Balaban J connectivity index is 0.000000191. The molecule has 6 fully saturated rings. The van der Waals surface area contributed by atoms with E-state index in [1.54, 1.807) is 30.3 Å². The second-order valence-electron chi connectivity index (χ2n) is 28.0. The van der Waals surface area contributed by atoms with Crippen LogP contribution in [-0.4, -0.2) is 185 Å². The number of esters is 10. The molecule has 0 amide bonds. The molecule has 6 aliphatic rings. The number of halogens is 15. The fourth-order valence-electron chi connectivity index (χ4n) is 14.2. The van der Waals surface area contributed by atoms with E-state index in [0.29, 0.717) is 79.9 Å². The molecule has 1 aliphatic heterocycles. The maximum absolute atomic E-state index is 13.0. The molecule has 51 heteroatoms. The number of fused-ring (bicyclic) bond motifs is 3. The molecular formula is C74H57I15O32S4-4. The topological polar surface area (TPSA) is 492 Å². The molecule has 0 spiro atoms. The first-order valence-corrected chi connectivity index (χ1v) is 58.3. The van der Waals surface area contributed by atoms with Crippen LogP contribution >= 0.6 is 339 Å². The summed E-state index contributed by atoms with van der Waals surface area (Å²) in [5.74, 6) is -12.7. The molecule has 12 unspecified atom stereocenters. The minimum absolute atomic E-state index is 0.120. The summed E-state index contributed by atoms with van der Waals surface area (Å²) in [4.78, 5) is 126. The van der Waals surface area contributed by atoms with Gasteiger partial charge in [0.15, 0.2) is 0 Å². The zero-order valence-electron chi connectivity index (χ0n) is 62.6. The Morgan fingerprint density at radius 2 is 0.752 bits per heavy atom. The van der Waals surface area contributed by atoms with E-state index in [1.807, 2.05) is 75.5 Å². The first-order chi connectivity index (χ1) is 58.2. The average Bonchev–Trinajstić information content (AvgIpc) is 1.54. The van der Waals surface area contributed by atoms with Gasteiger partial charge in [-0.2, -0.15) is 0 Å². The first-order valence-electron chi connectivity index (χ1n) is 35.8. The van der Waals surface area contributed by atoms with Crippen molar-refractivity contribution in [3.63, 3.8) is 0 Å². The third-order valence-corrected chi connectivity index (χ3v) is 40.5. The quantitative estimate of drug-likeness (QED) is 0.0121. The molecule has 6 aromatic carbocycles. The highest BCUT2D eigenvalue weighted by Crippen LogP contribution is 2.59. The fraction of sp³-hybridized carbons (Fsp3) is 0.378. The summed E-state index contributed by atoms with van der Waals surface area (Å²) in [5.41, 5.74) is 1.79. The van der Waals surface area contributed by atoms with Crippen LogP contribution in [-0.2, 0) is 97.5 Å². The second-order valence-corrected chi connectivity index (χ2v) is 51.5. The Morgan fingerprint density at radius 3 is 1.16 bits per heavy atom. The highest BCUT2D eigenvalue weighted by atomic mass is 127. The first kappa shape index (κ1) is 109.